The van der Waals surface area contributed by atoms with Crippen LogP contribution in [0.25, 0.3) is 0 Å². The number of rotatable bonds is 3. The molecule has 1 saturated carbocycles. The minimum Gasteiger partial charge on any atom is -0.317 e. The monoisotopic (exact) mass is 227 g/mol. The van der Waals surface area contributed by atoms with Gasteiger partial charge >= 0.3 is 0 Å². The molecule has 3 nitrogen and oxygen atoms in total. The Hall–Kier alpha value is -0.570. The third-order valence-electron chi connectivity index (χ3n) is 3.80. The molecule has 0 aromatic carbocycles. The summed E-state index contributed by atoms with van der Waals surface area (Å²) < 4.78 is 2.09. The summed E-state index contributed by atoms with van der Waals surface area (Å²) in [5.41, 5.74) is 0.270. The van der Waals surface area contributed by atoms with Gasteiger partial charge in [0.15, 0.2) is 0 Å². The van der Waals surface area contributed by atoms with Crippen LogP contribution in [-0.2, 0) is 18.3 Å². The Bertz CT molecular complexity index is 340. The van der Waals surface area contributed by atoms with Gasteiger partial charge in [-0.2, -0.15) is 0 Å². The van der Waals surface area contributed by atoms with E-state index >= 15 is 0 Å². The fraction of sp³-hybridized carbons (Fsp3) is 0.818. The van der Waals surface area contributed by atoms with Crippen LogP contribution < -0.4 is 0 Å². The van der Waals surface area contributed by atoms with Crippen LogP contribution in [0, 0.1) is 0 Å². The quantitative estimate of drug-likeness (QED) is 0.744. The van der Waals surface area contributed by atoms with Crippen LogP contribution in [0.1, 0.15) is 50.7 Å². The number of halogens is 1. The fourth-order valence-electron chi connectivity index (χ4n) is 2.73. The van der Waals surface area contributed by atoms with Crippen LogP contribution in [0.15, 0.2) is 0 Å². The smallest absolute Gasteiger partial charge is 0.147 e. The van der Waals surface area contributed by atoms with Gasteiger partial charge in [-0.25, -0.2) is 0 Å². The highest BCUT2D eigenvalue weighted by atomic mass is 35.5. The first-order valence-electron chi connectivity index (χ1n) is 5.68. The average Bonchev–Trinajstić information content (AvgIpc) is 2.85. The van der Waals surface area contributed by atoms with Crippen LogP contribution in [-0.4, -0.2) is 14.8 Å². The van der Waals surface area contributed by atoms with E-state index in [1.54, 1.807) is 0 Å². The van der Waals surface area contributed by atoms with Crippen molar-refractivity contribution in [2.45, 2.75) is 50.3 Å². The molecule has 84 valence electrons. The van der Waals surface area contributed by atoms with E-state index in [4.69, 9.17) is 11.6 Å². The molecule has 0 unspecified atom stereocenters. The van der Waals surface area contributed by atoms with E-state index in [1.807, 2.05) is 7.05 Å². The van der Waals surface area contributed by atoms with E-state index in [9.17, 15) is 0 Å². The molecule has 2 rings (SSSR count). The number of alkyl halides is 1. The highest BCUT2D eigenvalue weighted by molar-refractivity contribution is 6.16. The lowest BCUT2D eigenvalue weighted by atomic mass is 9.82. The van der Waals surface area contributed by atoms with Gasteiger partial charge in [0.05, 0.1) is 5.88 Å². The molecule has 1 fully saturated rings. The predicted octanol–water partition coefficient (Wildman–Crippen LogP) is 2.78. The normalized spacial score (nSPS) is 19.7. The fourth-order valence-corrected chi connectivity index (χ4v) is 2.96. The molecular formula is C11H18ClN3. The predicted molar refractivity (Wildman–Crippen MR) is 61.0 cm³/mol. The maximum absolute atomic E-state index is 5.82. The molecular weight excluding hydrogens is 210 g/mol. The first-order chi connectivity index (χ1) is 7.23. The van der Waals surface area contributed by atoms with Crippen molar-refractivity contribution in [3.63, 3.8) is 0 Å². The van der Waals surface area contributed by atoms with Gasteiger partial charge in [-0.3, -0.25) is 0 Å². The molecule has 1 aliphatic rings. The topological polar surface area (TPSA) is 30.7 Å². The molecule has 15 heavy (non-hydrogen) atoms. The van der Waals surface area contributed by atoms with E-state index in [-0.39, 0.29) is 5.41 Å². The maximum Gasteiger partial charge on any atom is 0.147 e. The Labute approximate surface area is 95.8 Å². The summed E-state index contributed by atoms with van der Waals surface area (Å²) in [5.74, 6) is 2.47. The molecule has 0 N–H and O–H groups in total. The molecule has 1 aliphatic carbocycles. The summed E-state index contributed by atoms with van der Waals surface area (Å²) >= 11 is 5.82. The summed E-state index contributed by atoms with van der Waals surface area (Å²) in [6, 6.07) is 0. The van der Waals surface area contributed by atoms with Crippen LogP contribution >= 0.6 is 11.6 Å². The van der Waals surface area contributed by atoms with Crippen LogP contribution in [0.3, 0.4) is 0 Å². The zero-order chi connectivity index (χ0) is 10.9. The molecule has 0 amide bonds. The molecule has 1 aromatic heterocycles. The van der Waals surface area contributed by atoms with Crippen molar-refractivity contribution in [2.75, 3.05) is 0 Å². The number of hydrogen-bond acceptors (Lipinski definition) is 2. The van der Waals surface area contributed by atoms with Crippen molar-refractivity contribution < 1.29 is 0 Å². The Balaban J connectivity index is 2.38. The summed E-state index contributed by atoms with van der Waals surface area (Å²) in [4.78, 5) is 0. The van der Waals surface area contributed by atoms with Crippen molar-refractivity contribution in [3.8, 4) is 0 Å². The van der Waals surface area contributed by atoms with Crippen molar-refractivity contribution in [2.24, 2.45) is 7.05 Å². The van der Waals surface area contributed by atoms with Crippen molar-refractivity contribution >= 4 is 11.6 Å². The molecule has 0 saturated heterocycles. The van der Waals surface area contributed by atoms with Crippen molar-refractivity contribution in [1.29, 1.82) is 0 Å². The minimum absolute atomic E-state index is 0.270. The van der Waals surface area contributed by atoms with Gasteiger partial charge in [0, 0.05) is 12.5 Å². The zero-order valence-electron chi connectivity index (χ0n) is 9.46. The van der Waals surface area contributed by atoms with Crippen LogP contribution in [0.5, 0.6) is 0 Å². The van der Waals surface area contributed by atoms with Gasteiger partial charge in [0.2, 0.25) is 0 Å². The Morgan fingerprint density at radius 3 is 2.47 bits per heavy atom. The largest absolute Gasteiger partial charge is 0.317 e. The SMILES string of the molecule is CCC1(c2nnc(CCl)n2C)CCCC1. The summed E-state index contributed by atoms with van der Waals surface area (Å²) in [6.45, 7) is 2.25. The van der Waals surface area contributed by atoms with E-state index in [1.165, 1.54) is 25.7 Å². The first kappa shape index (κ1) is 10.9. The minimum atomic E-state index is 0.270. The highest BCUT2D eigenvalue weighted by Crippen LogP contribution is 2.42. The summed E-state index contributed by atoms with van der Waals surface area (Å²) in [6.07, 6.45) is 6.28. The van der Waals surface area contributed by atoms with E-state index in [2.05, 4.69) is 21.7 Å². The molecule has 1 aromatic rings. The second kappa shape index (κ2) is 4.12. The van der Waals surface area contributed by atoms with E-state index in [0.717, 1.165) is 18.1 Å². The molecule has 0 spiro atoms. The van der Waals surface area contributed by atoms with Crippen molar-refractivity contribution in [3.05, 3.63) is 11.6 Å². The first-order valence-corrected chi connectivity index (χ1v) is 6.21. The zero-order valence-corrected chi connectivity index (χ0v) is 10.2. The standard InChI is InChI=1S/C11H18ClN3/c1-3-11(6-4-5-7-11)10-14-13-9(8-12)15(10)2/h3-8H2,1-2H3. The van der Waals surface area contributed by atoms with Crippen molar-refractivity contribution in [1.82, 2.24) is 14.8 Å². The molecule has 0 atom stereocenters. The lowest BCUT2D eigenvalue weighted by Crippen LogP contribution is -2.25. The Morgan fingerprint density at radius 2 is 2.00 bits per heavy atom. The van der Waals surface area contributed by atoms with Gasteiger partial charge in [-0.05, 0) is 19.3 Å². The van der Waals surface area contributed by atoms with E-state index < -0.39 is 0 Å². The highest BCUT2D eigenvalue weighted by Gasteiger charge is 2.38. The Kier molecular flexibility index (Phi) is 3.01. The average molecular weight is 228 g/mol. The number of aromatic nitrogens is 3. The van der Waals surface area contributed by atoms with Gasteiger partial charge in [-0.15, -0.1) is 21.8 Å². The molecule has 1 heterocycles. The second-order valence-electron chi connectivity index (χ2n) is 4.47. The van der Waals surface area contributed by atoms with Gasteiger partial charge < -0.3 is 4.57 Å². The van der Waals surface area contributed by atoms with Gasteiger partial charge in [-0.1, -0.05) is 19.8 Å². The lowest BCUT2D eigenvalue weighted by molar-refractivity contribution is 0.385. The summed E-state index contributed by atoms with van der Waals surface area (Å²) in [5, 5.41) is 8.49. The third kappa shape index (κ3) is 1.67. The summed E-state index contributed by atoms with van der Waals surface area (Å²) in [7, 11) is 2.03. The molecule has 0 radical (unpaired) electrons. The third-order valence-corrected chi connectivity index (χ3v) is 4.04. The van der Waals surface area contributed by atoms with Gasteiger partial charge in [0.25, 0.3) is 0 Å². The van der Waals surface area contributed by atoms with E-state index in [0.29, 0.717) is 5.88 Å². The second-order valence-corrected chi connectivity index (χ2v) is 4.74. The lowest BCUT2D eigenvalue weighted by Gasteiger charge is -2.26. The molecule has 0 bridgehead atoms. The Morgan fingerprint density at radius 1 is 1.33 bits per heavy atom. The van der Waals surface area contributed by atoms with Gasteiger partial charge in [0.1, 0.15) is 11.6 Å². The number of nitrogens with zero attached hydrogens (tertiary/aromatic N) is 3. The van der Waals surface area contributed by atoms with Crippen LogP contribution in [0.2, 0.25) is 0 Å². The molecule has 0 aliphatic heterocycles. The maximum atomic E-state index is 5.82. The van der Waals surface area contributed by atoms with Crippen LogP contribution in [0.4, 0.5) is 0 Å². The number of hydrogen-bond donors (Lipinski definition) is 0. The molecule has 4 heteroatoms.